The lowest BCUT2D eigenvalue weighted by molar-refractivity contribution is 0.199. The summed E-state index contributed by atoms with van der Waals surface area (Å²) in [6.45, 7) is 4.16. The van der Waals surface area contributed by atoms with Gasteiger partial charge in [-0.3, -0.25) is 0 Å². The minimum Gasteiger partial charge on any atom is -0.383 e. The molecule has 0 amide bonds. The van der Waals surface area contributed by atoms with Crippen LogP contribution in [0.25, 0.3) is 0 Å². The number of hydrogen-bond acceptors (Lipinski definition) is 5. The first kappa shape index (κ1) is 16.4. The Bertz CT molecular complexity index is 558. The highest BCUT2D eigenvalue weighted by Crippen LogP contribution is 2.21. The van der Waals surface area contributed by atoms with Gasteiger partial charge in [0.25, 0.3) is 0 Å². The van der Waals surface area contributed by atoms with Crippen molar-refractivity contribution < 1.29 is 8.42 Å². The molecule has 0 aliphatic rings. The first-order valence-electron chi connectivity index (χ1n) is 5.64. The van der Waals surface area contributed by atoms with Crippen LogP contribution >= 0.6 is 15.9 Å². The van der Waals surface area contributed by atoms with Gasteiger partial charge in [0.1, 0.15) is 10.7 Å². The molecule has 3 N–H and O–H groups in total. The van der Waals surface area contributed by atoms with Crippen LogP contribution in [0.1, 0.15) is 13.8 Å². The Hall–Kier alpha value is -0.700. The third-order valence-corrected chi connectivity index (χ3v) is 4.91. The molecule has 0 saturated heterocycles. The number of hydrogen-bond donors (Lipinski definition) is 2. The van der Waals surface area contributed by atoms with Crippen LogP contribution < -0.4 is 10.5 Å². The van der Waals surface area contributed by atoms with Crippen LogP contribution in [0.5, 0.6) is 0 Å². The Kier molecular flexibility index (Phi) is 4.94. The van der Waals surface area contributed by atoms with Gasteiger partial charge in [0.05, 0.1) is 0 Å². The molecule has 1 heterocycles. The first-order chi connectivity index (χ1) is 8.56. The predicted octanol–water partition coefficient (Wildman–Crippen LogP) is 1.04. The van der Waals surface area contributed by atoms with Crippen LogP contribution in [0, 0.1) is 0 Å². The van der Waals surface area contributed by atoms with Crippen molar-refractivity contribution >= 4 is 31.8 Å². The second kappa shape index (κ2) is 5.74. The van der Waals surface area contributed by atoms with Crippen LogP contribution in [0.2, 0.25) is 0 Å². The van der Waals surface area contributed by atoms with Gasteiger partial charge in [-0.2, -0.15) is 0 Å². The Labute approximate surface area is 122 Å². The molecule has 8 heteroatoms. The fourth-order valence-electron chi connectivity index (χ4n) is 1.15. The van der Waals surface area contributed by atoms with Crippen LogP contribution in [0.15, 0.2) is 21.6 Å². The number of likely N-dealkylation sites (N-methyl/N-ethyl adjacent to an activating group) is 1. The third kappa shape index (κ3) is 4.13. The van der Waals surface area contributed by atoms with Gasteiger partial charge in [-0.15, -0.1) is 0 Å². The van der Waals surface area contributed by atoms with Gasteiger partial charge in [0, 0.05) is 22.8 Å². The van der Waals surface area contributed by atoms with E-state index in [0.717, 1.165) is 0 Å². The summed E-state index contributed by atoms with van der Waals surface area (Å²) in [5, 5.41) is 0. The number of nitrogen functional groups attached to an aromatic ring is 1. The average molecular weight is 351 g/mol. The molecule has 0 unspecified atom stereocenters. The number of sulfonamides is 1. The summed E-state index contributed by atoms with van der Waals surface area (Å²) in [7, 11) is 0.110. The van der Waals surface area contributed by atoms with Gasteiger partial charge in [-0.05, 0) is 49.9 Å². The van der Waals surface area contributed by atoms with Crippen LogP contribution in [-0.4, -0.2) is 44.5 Å². The highest BCUT2D eigenvalue weighted by atomic mass is 79.9. The summed E-state index contributed by atoms with van der Waals surface area (Å²) in [6.07, 6.45) is 1.46. The number of aromatic nitrogens is 1. The second-order valence-corrected chi connectivity index (χ2v) is 7.72. The summed E-state index contributed by atoms with van der Waals surface area (Å²) in [6, 6.07) is 1.44. The average Bonchev–Trinajstić information content (AvgIpc) is 2.30. The van der Waals surface area contributed by atoms with E-state index < -0.39 is 10.0 Å². The van der Waals surface area contributed by atoms with Gasteiger partial charge in [-0.25, -0.2) is 18.1 Å². The summed E-state index contributed by atoms with van der Waals surface area (Å²) < 4.78 is 27.5. The fraction of sp³-hybridized carbons (Fsp3) is 0.545. The van der Waals surface area contributed by atoms with Gasteiger partial charge < -0.3 is 10.6 Å². The van der Waals surface area contributed by atoms with Crippen molar-refractivity contribution in [2.24, 2.45) is 0 Å². The molecular formula is C11H19BrN4O2S. The lowest BCUT2D eigenvalue weighted by Gasteiger charge is -2.32. The van der Waals surface area contributed by atoms with E-state index in [1.807, 2.05) is 32.8 Å². The van der Waals surface area contributed by atoms with Gasteiger partial charge in [0.2, 0.25) is 10.0 Å². The van der Waals surface area contributed by atoms with E-state index in [9.17, 15) is 8.42 Å². The Morgan fingerprint density at radius 3 is 2.58 bits per heavy atom. The van der Waals surface area contributed by atoms with Crippen molar-refractivity contribution in [2.45, 2.75) is 24.3 Å². The van der Waals surface area contributed by atoms with E-state index in [1.54, 1.807) is 0 Å². The Morgan fingerprint density at radius 1 is 1.47 bits per heavy atom. The summed E-state index contributed by atoms with van der Waals surface area (Å²) in [5.41, 5.74) is 5.31. The smallest absolute Gasteiger partial charge is 0.244 e. The maximum Gasteiger partial charge on any atom is 0.244 e. The Balaban J connectivity index is 2.97. The van der Waals surface area contributed by atoms with E-state index in [4.69, 9.17) is 5.73 Å². The SMILES string of the molecule is CN(C)C(C)(C)CNS(=O)(=O)c1cc(Br)cnc1N. The highest BCUT2D eigenvalue weighted by Gasteiger charge is 2.25. The van der Waals surface area contributed by atoms with E-state index in [2.05, 4.69) is 25.6 Å². The second-order valence-electron chi connectivity index (χ2n) is 5.07. The van der Waals surface area contributed by atoms with Crippen molar-refractivity contribution in [1.82, 2.24) is 14.6 Å². The minimum atomic E-state index is -3.67. The van der Waals surface area contributed by atoms with Crippen molar-refractivity contribution in [3.8, 4) is 0 Å². The van der Waals surface area contributed by atoms with Crippen LogP contribution in [0.3, 0.4) is 0 Å². The fourth-order valence-corrected chi connectivity index (χ4v) is 2.95. The molecule has 0 bridgehead atoms. The van der Waals surface area contributed by atoms with E-state index in [0.29, 0.717) is 4.47 Å². The zero-order valence-corrected chi connectivity index (χ0v) is 13.8. The van der Waals surface area contributed by atoms with Gasteiger partial charge in [0.15, 0.2) is 0 Å². The number of anilines is 1. The largest absolute Gasteiger partial charge is 0.383 e. The normalized spacial score (nSPS) is 12.9. The molecule has 0 aliphatic carbocycles. The number of pyridine rings is 1. The monoisotopic (exact) mass is 350 g/mol. The molecule has 0 aliphatic heterocycles. The topological polar surface area (TPSA) is 88.3 Å². The maximum absolute atomic E-state index is 12.2. The lowest BCUT2D eigenvalue weighted by atomic mass is 10.1. The number of nitrogens with zero attached hydrogens (tertiary/aromatic N) is 2. The standard InChI is InChI=1S/C11H19BrN4O2S/c1-11(2,16(3)4)7-15-19(17,18)9-5-8(12)6-14-10(9)13/h5-6,15H,7H2,1-4H3,(H2,13,14). The number of nitrogens with one attached hydrogen (secondary N) is 1. The summed E-state index contributed by atoms with van der Waals surface area (Å²) >= 11 is 3.18. The third-order valence-electron chi connectivity index (χ3n) is 3.04. The molecule has 0 atom stereocenters. The number of nitrogens with two attached hydrogens (primary N) is 1. The molecule has 0 aromatic carbocycles. The molecule has 108 valence electrons. The molecule has 1 aromatic rings. The zero-order chi connectivity index (χ0) is 14.8. The highest BCUT2D eigenvalue weighted by molar-refractivity contribution is 9.10. The number of halogens is 1. The molecule has 19 heavy (non-hydrogen) atoms. The van der Waals surface area contributed by atoms with E-state index >= 15 is 0 Å². The molecule has 0 radical (unpaired) electrons. The predicted molar refractivity (Wildman–Crippen MR) is 79.3 cm³/mol. The van der Waals surface area contributed by atoms with E-state index in [1.165, 1.54) is 12.3 Å². The lowest BCUT2D eigenvalue weighted by Crippen LogP contribution is -2.48. The molecular weight excluding hydrogens is 332 g/mol. The van der Waals surface area contributed by atoms with Crippen molar-refractivity contribution in [3.63, 3.8) is 0 Å². The molecule has 0 spiro atoms. The molecule has 0 saturated carbocycles. The van der Waals surface area contributed by atoms with Gasteiger partial charge >= 0.3 is 0 Å². The van der Waals surface area contributed by atoms with Crippen molar-refractivity contribution in [3.05, 3.63) is 16.7 Å². The number of rotatable bonds is 5. The molecule has 0 fully saturated rings. The van der Waals surface area contributed by atoms with E-state index in [-0.39, 0.29) is 22.8 Å². The molecule has 1 aromatic heterocycles. The molecule has 1 rings (SSSR count). The minimum absolute atomic E-state index is 0.0154. The summed E-state index contributed by atoms with van der Waals surface area (Å²) in [5.74, 6) is -0.0154. The van der Waals surface area contributed by atoms with Crippen LogP contribution in [-0.2, 0) is 10.0 Å². The molecule has 6 nitrogen and oxygen atoms in total. The first-order valence-corrected chi connectivity index (χ1v) is 7.92. The van der Waals surface area contributed by atoms with Crippen molar-refractivity contribution in [1.29, 1.82) is 0 Å². The maximum atomic E-state index is 12.2. The quantitative estimate of drug-likeness (QED) is 0.828. The summed E-state index contributed by atoms with van der Waals surface area (Å²) in [4.78, 5) is 5.75. The van der Waals surface area contributed by atoms with Crippen molar-refractivity contribution in [2.75, 3.05) is 26.4 Å². The van der Waals surface area contributed by atoms with Gasteiger partial charge in [-0.1, -0.05) is 0 Å². The van der Waals surface area contributed by atoms with Crippen LogP contribution in [0.4, 0.5) is 5.82 Å². The Morgan fingerprint density at radius 2 is 2.05 bits per heavy atom. The zero-order valence-electron chi connectivity index (χ0n) is 11.4.